The molecule has 170 valence electrons. The van der Waals surface area contributed by atoms with E-state index in [1.807, 2.05) is 12.1 Å². The van der Waals surface area contributed by atoms with Gasteiger partial charge in [-0.3, -0.25) is 4.79 Å². The molecule has 0 saturated carbocycles. The van der Waals surface area contributed by atoms with E-state index in [-0.39, 0.29) is 5.91 Å². The van der Waals surface area contributed by atoms with Crippen LogP contribution in [0, 0.1) is 0 Å². The Morgan fingerprint density at radius 2 is 1.79 bits per heavy atom. The minimum atomic E-state index is -0.109. The highest BCUT2D eigenvalue weighted by Gasteiger charge is 2.10. The van der Waals surface area contributed by atoms with Crippen molar-refractivity contribution in [3.8, 4) is 5.75 Å². The number of imidazole rings is 1. The molecule has 3 aromatic carbocycles. The molecule has 1 aromatic heterocycles. The summed E-state index contributed by atoms with van der Waals surface area (Å²) in [6.45, 7) is 5.70. The van der Waals surface area contributed by atoms with Gasteiger partial charge < -0.3 is 14.6 Å². The fraction of sp³-hybridized carbons (Fsp3) is 0.286. The molecule has 0 bridgehead atoms. The van der Waals surface area contributed by atoms with E-state index in [1.165, 1.54) is 22.4 Å². The molecule has 0 fully saturated rings. The number of carbonyl (C=O) groups is 1. The first-order chi connectivity index (χ1) is 16.2. The van der Waals surface area contributed by atoms with Gasteiger partial charge in [-0.25, -0.2) is 4.98 Å². The number of amides is 1. The average molecular weight is 442 g/mol. The maximum atomic E-state index is 11.2. The highest BCUT2D eigenvalue weighted by molar-refractivity contribution is 5.86. The van der Waals surface area contributed by atoms with Gasteiger partial charge in [0.15, 0.2) is 0 Å². The number of nitrogens with one attached hydrogen (secondary N) is 1. The van der Waals surface area contributed by atoms with Crippen molar-refractivity contribution in [2.45, 2.75) is 38.6 Å². The number of ether oxygens (including phenoxy) is 1. The Kier molecular flexibility index (Phi) is 7.75. The van der Waals surface area contributed by atoms with Gasteiger partial charge in [0.2, 0.25) is 5.91 Å². The van der Waals surface area contributed by atoms with E-state index in [9.17, 15) is 4.79 Å². The van der Waals surface area contributed by atoms with Gasteiger partial charge in [0.1, 0.15) is 11.6 Å². The molecule has 33 heavy (non-hydrogen) atoms. The number of unbranched alkanes of at least 4 members (excludes halogenated alkanes) is 2. The number of rotatable bonds is 12. The summed E-state index contributed by atoms with van der Waals surface area (Å²) in [6.07, 6.45) is 6.20. The van der Waals surface area contributed by atoms with Crippen molar-refractivity contribution in [3.63, 3.8) is 0 Å². The third-order valence-electron chi connectivity index (χ3n) is 5.81. The maximum Gasteiger partial charge on any atom is 0.243 e. The summed E-state index contributed by atoms with van der Waals surface area (Å²) >= 11 is 0. The Hall–Kier alpha value is -3.60. The third-order valence-corrected chi connectivity index (χ3v) is 5.81. The molecule has 5 heteroatoms. The molecule has 0 aliphatic carbocycles. The minimum Gasteiger partial charge on any atom is -0.494 e. The van der Waals surface area contributed by atoms with Crippen LogP contribution in [0.5, 0.6) is 5.75 Å². The van der Waals surface area contributed by atoms with Crippen LogP contribution in [0.3, 0.4) is 0 Å². The van der Waals surface area contributed by atoms with Gasteiger partial charge in [-0.1, -0.05) is 55.5 Å². The SMILES string of the molecule is C=CC(=O)NCCCCCc1nc2ccccc2n1CCCOc1ccc2ccccc2c1. The van der Waals surface area contributed by atoms with Crippen LogP contribution in [-0.2, 0) is 17.8 Å². The summed E-state index contributed by atoms with van der Waals surface area (Å²) in [7, 11) is 0. The number of benzene rings is 3. The van der Waals surface area contributed by atoms with Gasteiger partial charge in [0.05, 0.1) is 17.6 Å². The second-order valence-electron chi connectivity index (χ2n) is 8.19. The number of nitrogens with zero attached hydrogens (tertiary/aromatic N) is 2. The molecule has 0 atom stereocenters. The van der Waals surface area contributed by atoms with Gasteiger partial charge in [0, 0.05) is 19.5 Å². The molecule has 1 heterocycles. The summed E-state index contributed by atoms with van der Waals surface area (Å²) in [4.78, 5) is 16.1. The summed E-state index contributed by atoms with van der Waals surface area (Å²) in [5.41, 5.74) is 2.22. The number of carbonyl (C=O) groups excluding carboxylic acids is 1. The largest absolute Gasteiger partial charge is 0.494 e. The summed E-state index contributed by atoms with van der Waals surface area (Å²) < 4.78 is 8.37. The van der Waals surface area contributed by atoms with Crippen LogP contribution >= 0.6 is 0 Å². The molecule has 4 rings (SSSR count). The number of para-hydroxylation sites is 2. The predicted octanol–water partition coefficient (Wildman–Crippen LogP) is 5.67. The zero-order valence-electron chi connectivity index (χ0n) is 19.0. The lowest BCUT2D eigenvalue weighted by Gasteiger charge is -2.11. The van der Waals surface area contributed by atoms with Crippen LogP contribution in [-0.4, -0.2) is 28.6 Å². The molecule has 1 amide bonds. The summed E-state index contributed by atoms with van der Waals surface area (Å²) in [5, 5.41) is 5.25. The zero-order valence-corrected chi connectivity index (χ0v) is 19.0. The molecule has 1 N–H and O–H groups in total. The number of fused-ring (bicyclic) bond motifs is 2. The van der Waals surface area contributed by atoms with E-state index in [0.29, 0.717) is 13.2 Å². The maximum absolute atomic E-state index is 11.2. The quantitative estimate of drug-likeness (QED) is 0.227. The Balaban J connectivity index is 1.31. The Morgan fingerprint density at radius 3 is 2.67 bits per heavy atom. The molecule has 0 spiro atoms. The van der Waals surface area contributed by atoms with E-state index < -0.39 is 0 Å². The van der Waals surface area contributed by atoms with Crippen LogP contribution in [0.25, 0.3) is 21.8 Å². The van der Waals surface area contributed by atoms with Crippen molar-refractivity contribution >= 4 is 27.7 Å². The van der Waals surface area contributed by atoms with E-state index in [2.05, 4.69) is 71.1 Å². The molecule has 0 unspecified atom stereocenters. The predicted molar refractivity (Wildman–Crippen MR) is 135 cm³/mol. The second kappa shape index (κ2) is 11.3. The second-order valence-corrected chi connectivity index (χ2v) is 8.19. The Labute approximate surface area is 195 Å². The van der Waals surface area contributed by atoms with Crippen molar-refractivity contribution in [1.29, 1.82) is 0 Å². The molecule has 4 aromatic rings. The number of hydrogen-bond acceptors (Lipinski definition) is 3. The minimum absolute atomic E-state index is 0.109. The zero-order chi connectivity index (χ0) is 22.9. The highest BCUT2D eigenvalue weighted by atomic mass is 16.5. The van der Waals surface area contributed by atoms with Gasteiger partial charge in [0.25, 0.3) is 0 Å². The van der Waals surface area contributed by atoms with Crippen molar-refractivity contribution in [3.05, 3.63) is 85.2 Å². The van der Waals surface area contributed by atoms with Gasteiger partial charge in [-0.15, -0.1) is 0 Å². The lowest BCUT2D eigenvalue weighted by molar-refractivity contribution is -0.116. The van der Waals surface area contributed by atoms with Gasteiger partial charge in [-0.05, 0) is 60.4 Å². The average Bonchev–Trinajstić information content (AvgIpc) is 3.21. The Morgan fingerprint density at radius 1 is 0.970 bits per heavy atom. The molecule has 0 aliphatic heterocycles. The van der Waals surface area contributed by atoms with Gasteiger partial charge in [-0.2, -0.15) is 0 Å². The topological polar surface area (TPSA) is 56.2 Å². The first kappa shape index (κ1) is 22.6. The first-order valence-corrected chi connectivity index (χ1v) is 11.7. The van der Waals surface area contributed by atoms with E-state index >= 15 is 0 Å². The van der Waals surface area contributed by atoms with Crippen LogP contribution in [0.15, 0.2) is 79.4 Å². The Bertz CT molecular complexity index is 1230. The molecular weight excluding hydrogens is 410 g/mol. The molecule has 0 aliphatic rings. The van der Waals surface area contributed by atoms with Crippen LogP contribution in [0.2, 0.25) is 0 Å². The van der Waals surface area contributed by atoms with E-state index in [1.54, 1.807) is 0 Å². The summed E-state index contributed by atoms with van der Waals surface area (Å²) in [6, 6.07) is 22.9. The molecule has 0 radical (unpaired) electrons. The molecule has 5 nitrogen and oxygen atoms in total. The van der Waals surface area contributed by atoms with Crippen molar-refractivity contribution < 1.29 is 9.53 Å². The fourth-order valence-corrected chi connectivity index (χ4v) is 4.10. The third kappa shape index (κ3) is 6.01. The number of aryl methyl sites for hydroxylation is 2. The van der Waals surface area contributed by atoms with E-state index in [0.717, 1.165) is 55.7 Å². The normalized spacial score (nSPS) is 11.0. The van der Waals surface area contributed by atoms with Gasteiger partial charge >= 0.3 is 0 Å². The van der Waals surface area contributed by atoms with E-state index in [4.69, 9.17) is 9.72 Å². The van der Waals surface area contributed by atoms with Crippen LogP contribution < -0.4 is 10.1 Å². The monoisotopic (exact) mass is 441 g/mol. The number of hydrogen-bond donors (Lipinski definition) is 1. The van der Waals surface area contributed by atoms with Crippen LogP contribution in [0.4, 0.5) is 0 Å². The highest BCUT2D eigenvalue weighted by Crippen LogP contribution is 2.21. The van der Waals surface area contributed by atoms with Crippen molar-refractivity contribution in [1.82, 2.24) is 14.9 Å². The van der Waals surface area contributed by atoms with Crippen molar-refractivity contribution in [2.24, 2.45) is 0 Å². The smallest absolute Gasteiger partial charge is 0.243 e. The summed E-state index contributed by atoms with van der Waals surface area (Å²) in [5.74, 6) is 1.92. The van der Waals surface area contributed by atoms with Crippen LogP contribution in [0.1, 0.15) is 31.5 Å². The van der Waals surface area contributed by atoms with Crippen molar-refractivity contribution in [2.75, 3.05) is 13.2 Å². The fourth-order valence-electron chi connectivity index (χ4n) is 4.10. The lowest BCUT2D eigenvalue weighted by Crippen LogP contribution is -2.21. The first-order valence-electron chi connectivity index (χ1n) is 11.7. The molecule has 0 saturated heterocycles. The lowest BCUT2D eigenvalue weighted by atomic mass is 10.1. The molecular formula is C28H31N3O2. The number of aromatic nitrogens is 2. The standard InChI is InChI=1S/C28H31N3O2/c1-2-28(32)29-18-9-3-4-15-27-30-25-13-7-8-14-26(25)31(27)19-10-20-33-24-17-16-22-11-5-6-12-23(22)21-24/h2,5-8,11-14,16-17,21H,1,3-4,9-10,15,18-20H2,(H,29,32).